The van der Waals surface area contributed by atoms with E-state index < -0.39 is 16.1 Å². The van der Waals surface area contributed by atoms with Crippen LogP contribution < -0.4 is 9.46 Å². The molecule has 1 N–H and O–H groups in total. The number of hydrogen-bond acceptors (Lipinski definition) is 4. The van der Waals surface area contributed by atoms with Gasteiger partial charge in [-0.25, -0.2) is 8.42 Å². The van der Waals surface area contributed by atoms with Crippen LogP contribution >= 0.6 is 15.9 Å². The predicted molar refractivity (Wildman–Crippen MR) is 83.8 cm³/mol. The quantitative estimate of drug-likeness (QED) is 0.815. The van der Waals surface area contributed by atoms with E-state index in [1.54, 1.807) is 33.2 Å². The normalized spacial score (nSPS) is 12.8. The van der Waals surface area contributed by atoms with Crippen molar-refractivity contribution in [2.24, 2.45) is 0 Å². The van der Waals surface area contributed by atoms with Crippen molar-refractivity contribution in [3.8, 4) is 5.75 Å². The molecule has 21 heavy (non-hydrogen) atoms. The van der Waals surface area contributed by atoms with Crippen molar-refractivity contribution in [3.05, 3.63) is 22.7 Å². The van der Waals surface area contributed by atoms with Gasteiger partial charge >= 0.3 is 0 Å². The number of nitrogens with zero attached hydrogens (tertiary/aromatic N) is 1. The largest absolute Gasteiger partial charge is 0.492 e. The maximum absolute atomic E-state index is 12.4. The molecule has 0 aliphatic carbocycles. The molecule has 0 aliphatic rings. The molecule has 118 valence electrons. The third kappa shape index (κ3) is 4.69. The van der Waals surface area contributed by atoms with Crippen molar-refractivity contribution in [1.82, 2.24) is 9.62 Å². The van der Waals surface area contributed by atoms with Gasteiger partial charge in [0.2, 0.25) is 15.9 Å². The molecule has 1 aromatic carbocycles. The summed E-state index contributed by atoms with van der Waals surface area (Å²) in [6.45, 7) is 3.61. The first-order valence-electron chi connectivity index (χ1n) is 6.35. The summed E-state index contributed by atoms with van der Waals surface area (Å²) in [4.78, 5) is 13.1. The summed E-state index contributed by atoms with van der Waals surface area (Å²) in [5.74, 6) is -0.0794. The summed E-state index contributed by atoms with van der Waals surface area (Å²) in [5, 5.41) is 0. The highest BCUT2D eigenvalue weighted by molar-refractivity contribution is 9.10. The first-order valence-corrected chi connectivity index (χ1v) is 8.62. The maximum atomic E-state index is 12.4. The fraction of sp³-hybridized carbons (Fsp3) is 0.462. The molecule has 1 unspecified atom stereocenters. The lowest BCUT2D eigenvalue weighted by Gasteiger charge is -2.19. The van der Waals surface area contributed by atoms with Crippen LogP contribution in [0.3, 0.4) is 0 Å². The van der Waals surface area contributed by atoms with Gasteiger partial charge in [0, 0.05) is 18.6 Å². The fourth-order valence-corrected chi connectivity index (χ4v) is 3.58. The van der Waals surface area contributed by atoms with Gasteiger partial charge in [0.05, 0.1) is 12.6 Å². The summed E-state index contributed by atoms with van der Waals surface area (Å²) in [5.41, 5.74) is 0. The van der Waals surface area contributed by atoms with E-state index in [0.717, 1.165) is 0 Å². The molecule has 1 aromatic rings. The van der Waals surface area contributed by atoms with Crippen molar-refractivity contribution >= 4 is 31.9 Å². The topological polar surface area (TPSA) is 75.7 Å². The third-order valence-corrected chi connectivity index (χ3v) is 4.69. The van der Waals surface area contributed by atoms with Crippen molar-refractivity contribution < 1.29 is 17.9 Å². The Kier molecular flexibility index (Phi) is 6.18. The average Bonchev–Trinajstić information content (AvgIpc) is 2.39. The zero-order chi connectivity index (χ0) is 16.2. The summed E-state index contributed by atoms with van der Waals surface area (Å²) < 4.78 is 33.2. The van der Waals surface area contributed by atoms with Gasteiger partial charge in [0.25, 0.3) is 0 Å². The van der Waals surface area contributed by atoms with Crippen molar-refractivity contribution in [1.29, 1.82) is 0 Å². The second-order valence-corrected chi connectivity index (χ2v) is 7.20. The molecular formula is C13H19BrN2O4S. The van der Waals surface area contributed by atoms with E-state index in [1.807, 2.05) is 0 Å². The minimum absolute atomic E-state index is 0.00266. The average molecular weight is 379 g/mol. The zero-order valence-electron chi connectivity index (χ0n) is 12.4. The van der Waals surface area contributed by atoms with Gasteiger partial charge in [-0.05, 0) is 32.0 Å². The van der Waals surface area contributed by atoms with E-state index in [9.17, 15) is 13.2 Å². The number of nitrogens with one attached hydrogen (secondary N) is 1. The molecule has 1 amide bonds. The summed E-state index contributed by atoms with van der Waals surface area (Å²) >= 11 is 3.24. The van der Waals surface area contributed by atoms with Crippen LogP contribution in [0.4, 0.5) is 0 Å². The summed E-state index contributed by atoms with van der Waals surface area (Å²) in [7, 11) is -0.731. The van der Waals surface area contributed by atoms with Gasteiger partial charge in [-0.1, -0.05) is 15.9 Å². The Bertz CT molecular complexity index is 617. The number of ether oxygens (including phenoxy) is 1. The molecule has 0 aliphatic heterocycles. The fourth-order valence-electron chi connectivity index (χ4n) is 1.70. The monoisotopic (exact) mass is 378 g/mol. The van der Waals surface area contributed by atoms with Crippen LogP contribution in [-0.2, 0) is 14.8 Å². The lowest BCUT2D eigenvalue weighted by atomic mass is 10.3. The van der Waals surface area contributed by atoms with E-state index >= 15 is 0 Å². The number of hydrogen-bond donors (Lipinski definition) is 1. The standard InChI is InChI=1S/C13H19BrN2O4S/c1-5-20-11-7-6-10(14)8-12(11)21(18,19)15-9(2)13(17)16(3)4/h6-9,15H,5H2,1-4H3. The molecular weight excluding hydrogens is 360 g/mol. The van der Waals surface area contributed by atoms with E-state index in [2.05, 4.69) is 20.7 Å². The summed E-state index contributed by atoms with van der Waals surface area (Å²) in [6.07, 6.45) is 0. The van der Waals surface area contributed by atoms with Crippen LogP contribution in [0, 0.1) is 0 Å². The van der Waals surface area contributed by atoms with Gasteiger partial charge < -0.3 is 9.64 Å². The number of carbonyl (C=O) groups excluding carboxylic acids is 1. The first kappa shape index (κ1) is 17.9. The van der Waals surface area contributed by atoms with Gasteiger partial charge in [-0.15, -0.1) is 0 Å². The predicted octanol–water partition coefficient (Wildman–Crippen LogP) is 1.60. The van der Waals surface area contributed by atoms with E-state index in [1.165, 1.54) is 17.9 Å². The van der Waals surface area contributed by atoms with Gasteiger partial charge in [0.15, 0.2) is 0 Å². The van der Waals surface area contributed by atoms with Crippen LogP contribution in [0.5, 0.6) is 5.75 Å². The number of halogens is 1. The van der Waals surface area contributed by atoms with Crippen LogP contribution in [0.2, 0.25) is 0 Å². The molecule has 0 fully saturated rings. The Morgan fingerprint density at radius 2 is 2.05 bits per heavy atom. The number of benzene rings is 1. The summed E-state index contributed by atoms with van der Waals surface area (Å²) in [6, 6.07) is 3.84. The Morgan fingerprint density at radius 3 is 2.57 bits per heavy atom. The second-order valence-electron chi connectivity index (χ2n) is 4.60. The van der Waals surface area contributed by atoms with Gasteiger partial charge in [-0.2, -0.15) is 4.72 Å². The number of carbonyl (C=O) groups is 1. The minimum atomic E-state index is -3.87. The molecule has 0 saturated carbocycles. The smallest absolute Gasteiger partial charge is 0.245 e. The highest BCUT2D eigenvalue weighted by Crippen LogP contribution is 2.27. The Labute approximate surface area is 133 Å². The number of rotatable bonds is 6. The maximum Gasteiger partial charge on any atom is 0.245 e. The minimum Gasteiger partial charge on any atom is -0.492 e. The zero-order valence-corrected chi connectivity index (χ0v) is 14.8. The van der Waals surface area contributed by atoms with Crippen LogP contribution in [0.25, 0.3) is 0 Å². The number of amides is 1. The van der Waals surface area contributed by atoms with Crippen LogP contribution in [0.15, 0.2) is 27.6 Å². The van der Waals surface area contributed by atoms with E-state index in [-0.39, 0.29) is 16.6 Å². The van der Waals surface area contributed by atoms with Crippen molar-refractivity contribution in [2.45, 2.75) is 24.8 Å². The molecule has 0 aromatic heterocycles. The third-order valence-electron chi connectivity index (χ3n) is 2.64. The molecule has 8 heteroatoms. The highest BCUT2D eigenvalue weighted by atomic mass is 79.9. The molecule has 0 bridgehead atoms. The van der Waals surface area contributed by atoms with Crippen LogP contribution in [-0.4, -0.2) is 46.0 Å². The first-order chi connectivity index (χ1) is 9.69. The SMILES string of the molecule is CCOc1ccc(Br)cc1S(=O)(=O)NC(C)C(=O)N(C)C. The van der Waals surface area contributed by atoms with Crippen molar-refractivity contribution in [3.63, 3.8) is 0 Å². The van der Waals surface area contributed by atoms with Gasteiger partial charge in [-0.3, -0.25) is 4.79 Å². The lowest BCUT2D eigenvalue weighted by molar-refractivity contribution is -0.130. The Hall–Kier alpha value is -1.12. The van der Waals surface area contributed by atoms with E-state index in [4.69, 9.17) is 4.74 Å². The molecule has 1 rings (SSSR count). The van der Waals surface area contributed by atoms with Crippen molar-refractivity contribution in [2.75, 3.05) is 20.7 Å². The molecule has 0 saturated heterocycles. The second kappa shape index (κ2) is 7.24. The van der Waals surface area contributed by atoms with Crippen LogP contribution in [0.1, 0.15) is 13.8 Å². The Morgan fingerprint density at radius 1 is 1.43 bits per heavy atom. The number of likely N-dealkylation sites (N-methyl/N-ethyl adjacent to an activating group) is 1. The molecule has 0 radical (unpaired) electrons. The highest BCUT2D eigenvalue weighted by Gasteiger charge is 2.26. The lowest BCUT2D eigenvalue weighted by Crippen LogP contribution is -2.44. The number of sulfonamides is 1. The molecule has 0 spiro atoms. The van der Waals surface area contributed by atoms with E-state index in [0.29, 0.717) is 11.1 Å². The molecule has 6 nitrogen and oxygen atoms in total. The van der Waals surface area contributed by atoms with Gasteiger partial charge in [0.1, 0.15) is 10.6 Å². The molecule has 0 heterocycles. The molecule has 1 atom stereocenters. The Balaban J connectivity index is 3.13.